The molecule has 4 rings (SSSR count). The number of hydrogen-bond donors (Lipinski definition) is 1. The Morgan fingerprint density at radius 3 is 2.39 bits per heavy atom. The molecule has 0 bridgehead atoms. The zero-order valence-electron chi connectivity index (χ0n) is 16.3. The Morgan fingerprint density at radius 1 is 1.13 bits per heavy atom. The van der Waals surface area contributed by atoms with E-state index in [1.165, 1.54) is 40.5 Å². The maximum atomic E-state index is 13.0. The Hall–Kier alpha value is -3.92. The molecule has 1 aliphatic rings. The maximum Gasteiger partial charge on any atom is 0.301 e. The van der Waals surface area contributed by atoms with Crippen molar-refractivity contribution in [3.05, 3.63) is 86.4 Å². The molecular weight excluding hydrogens is 420 g/mol. The molecule has 0 radical (unpaired) electrons. The summed E-state index contributed by atoms with van der Waals surface area (Å²) in [7, 11) is 0. The highest BCUT2D eigenvalue weighted by Gasteiger charge is 2.48. The van der Waals surface area contributed by atoms with Crippen molar-refractivity contribution in [1.29, 1.82) is 0 Å². The van der Waals surface area contributed by atoms with Crippen LogP contribution in [-0.2, 0) is 16.0 Å². The molecule has 1 aliphatic heterocycles. The fourth-order valence-corrected chi connectivity index (χ4v) is 4.17. The highest BCUT2D eigenvalue weighted by molar-refractivity contribution is 7.15. The van der Waals surface area contributed by atoms with Crippen LogP contribution < -0.4 is 4.90 Å². The van der Waals surface area contributed by atoms with Gasteiger partial charge in [0, 0.05) is 17.7 Å². The van der Waals surface area contributed by atoms with Crippen molar-refractivity contribution in [2.24, 2.45) is 0 Å². The number of aryl methyl sites for hydroxylation is 1. The second kappa shape index (κ2) is 8.07. The molecule has 1 amide bonds. The van der Waals surface area contributed by atoms with E-state index in [4.69, 9.17) is 0 Å². The lowest BCUT2D eigenvalue weighted by molar-refractivity contribution is -0.384. The molecule has 31 heavy (non-hydrogen) atoms. The van der Waals surface area contributed by atoms with Gasteiger partial charge in [-0.05, 0) is 24.1 Å². The first-order chi connectivity index (χ1) is 14.9. The summed E-state index contributed by atoms with van der Waals surface area (Å²) in [5.41, 5.74) is 0.556. The number of rotatable bonds is 5. The van der Waals surface area contributed by atoms with Gasteiger partial charge in [-0.25, -0.2) is 0 Å². The number of benzene rings is 2. The topological polar surface area (TPSA) is 127 Å². The molecule has 1 fully saturated rings. The van der Waals surface area contributed by atoms with E-state index in [0.717, 1.165) is 0 Å². The zero-order valence-corrected chi connectivity index (χ0v) is 17.1. The van der Waals surface area contributed by atoms with Crippen LogP contribution in [0.25, 0.3) is 5.76 Å². The highest BCUT2D eigenvalue weighted by Crippen LogP contribution is 2.43. The summed E-state index contributed by atoms with van der Waals surface area (Å²) >= 11 is 1.17. The van der Waals surface area contributed by atoms with E-state index in [-0.39, 0.29) is 22.2 Å². The van der Waals surface area contributed by atoms with Gasteiger partial charge in [0.05, 0.1) is 16.5 Å². The molecule has 2 heterocycles. The standard InChI is InChI=1S/C21H16N4O5S/c1-2-15-22-23-21(31-15)24-17(12-8-10-14(11-9-12)25(29)30)16(19(27)20(24)28)18(26)13-6-4-3-5-7-13/h3-11,17,26H,2H2,1H3/b18-16+. The number of Topliss-reactive ketones (excluding diaryl/α,β-unsaturated/α-hetero) is 1. The van der Waals surface area contributed by atoms with Crippen LogP contribution in [-0.4, -0.2) is 31.9 Å². The van der Waals surface area contributed by atoms with Crippen LogP contribution in [0.4, 0.5) is 10.8 Å². The van der Waals surface area contributed by atoms with Crippen LogP contribution in [0.1, 0.15) is 29.1 Å². The first-order valence-corrected chi connectivity index (χ1v) is 10.2. The Labute approximate surface area is 180 Å². The van der Waals surface area contributed by atoms with E-state index < -0.39 is 22.7 Å². The molecule has 1 saturated heterocycles. The number of aliphatic hydroxyl groups is 1. The second-order valence-corrected chi connectivity index (χ2v) is 7.76. The molecule has 0 spiro atoms. The third kappa shape index (κ3) is 3.57. The number of hydrogen-bond acceptors (Lipinski definition) is 8. The summed E-state index contributed by atoms with van der Waals surface area (Å²) in [6.45, 7) is 1.89. The van der Waals surface area contributed by atoms with Gasteiger partial charge in [-0.3, -0.25) is 24.6 Å². The van der Waals surface area contributed by atoms with Gasteiger partial charge in [0.25, 0.3) is 11.5 Å². The number of non-ortho nitro benzene ring substituents is 1. The lowest BCUT2D eigenvalue weighted by Crippen LogP contribution is -2.29. The second-order valence-electron chi connectivity index (χ2n) is 6.72. The van der Waals surface area contributed by atoms with Crippen molar-refractivity contribution < 1.29 is 19.6 Å². The maximum absolute atomic E-state index is 13.0. The van der Waals surface area contributed by atoms with Crippen molar-refractivity contribution in [3.63, 3.8) is 0 Å². The number of nitrogens with zero attached hydrogens (tertiary/aromatic N) is 4. The predicted molar refractivity (Wildman–Crippen MR) is 114 cm³/mol. The molecule has 10 heteroatoms. The van der Waals surface area contributed by atoms with Crippen LogP contribution >= 0.6 is 11.3 Å². The summed E-state index contributed by atoms with van der Waals surface area (Å²) in [6.07, 6.45) is 0.605. The van der Waals surface area contributed by atoms with Crippen LogP contribution in [0.2, 0.25) is 0 Å². The minimum Gasteiger partial charge on any atom is -0.507 e. The van der Waals surface area contributed by atoms with E-state index in [1.807, 2.05) is 6.92 Å². The average Bonchev–Trinajstić information content (AvgIpc) is 3.36. The van der Waals surface area contributed by atoms with Crippen LogP contribution in [0.5, 0.6) is 0 Å². The quantitative estimate of drug-likeness (QED) is 0.213. The SMILES string of the molecule is CCc1nnc(N2C(=O)C(=O)/C(=C(/O)c3ccccc3)C2c2ccc([N+](=O)[O-])cc2)s1. The van der Waals surface area contributed by atoms with Gasteiger partial charge in [-0.15, -0.1) is 10.2 Å². The van der Waals surface area contributed by atoms with E-state index in [9.17, 15) is 24.8 Å². The predicted octanol–water partition coefficient (Wildman–Crippen LogP) is 3.64. The molecule has 2 aromatic carbocycles. The molecule has 0 aliphatic carbocycles. The van der Waals surface area contributed by atoms with Gasteiger partial charge in [0.15, 0.2) is 0 Å². The van der Waals surface area contributed by atoms with Gasteiger partial charge in [0.2, 0.25) is 5.13 Å². The lowest BCUT2D eigenvalue weighted by atomic mass is 9.95. The molecule has 1 N–H and O–H groups in total. The van der Waals surface area contributed by atoms with Crippen molar-refractivity contribution >= 4 is 39.6 Å². The van der Waals surface area contributed by atoms with Crippen LogP contribution in [0, 0.1) is 10.1 Å². The Balaban J connectivity index is 1.91. The Kier molecular flexibility index (Phi) is 5.30. The minimum absolute atomic E-state index is 0.113. The summed E-state index contributed by atoms with van der Waals surface area (Å²) in [5, 5.41) is 31.0. The molecule has 0 saturated carbocycles. The number of carbonyl (C=O) groups is 2. The van der Waals surface area contributed by atoms with Crippen molar-refractivity contribution in [2.75, 3.05) is 4.90 Å². The third-order valence-electron chi connectivity index (χ3n) is 4.88. The molecule has 1 unspecified atom stereocenters. The Morgan fingerprint density at radius 2 is 1.81 bits per heavy atom. The average molecular weight is 436 g/mol. The van der Waals surface area contributed by atoms with Gasteiger partial charge >= 0.3 is 5.91 Å². The van der Waals surface area contributed by atoms with Crippen molar-refractivity contribution in [1.82, 2.24) is 10.2 Å². The normalized spacial score (nSPS) is 17.8. The summed E-state index contributed by atoms with van der Waals surface area (Å²) < 4.78 is 0. The van der Waals surface area contributed by atoms with Crippen LogP contribution in [0.3, 0.4) is 0 Å². The molecule has 9 nitrogen and oxygen atoms in total. The fourth-order valence-electron chi connectivity index (χ4n) is 3.36. The summed E-state index contributed by atoms with van der Waals surface area (Å²) in [4.78, 5) is 37.6. The third-order valence-corrected chi connectivity index (χ3v) is 5.94. The van der Waals surface area contributed by atoms with Gasteiger partial charge in [-0.2, -0.15) is 0 Å². The minimum atomic E-state index is -1.00. The molecule has 1 atom stereocenters. The first kappa shape index (κ1) is 20.4. The molecule has 1 aromatic heterocycles. The van der Waals surface area contributed by atoms with Gasteiger partial charge in [-0.1, -0.05) is 48.6 Å². The van der Waals surface area contributed by atoms with E-state index in [1.54, 1.807) is 30.3 Å². The summed E-state index contributed by atoms with van der Waals surface area (Å²) in [5.74, 6) is -2.04. The number of aromatic nitrogens is 2. The molecular formula is C21H16N4O5S. The number of carbonyl (C=O) groups excluding carboxylic acids is 2. The van der Waals surface area contributed by atoms with Crippen molar-refractivity contribution in [2.45, 2.75) is 19.4 Å². The number of ketones is 1. The lowest BCUT2D eigenvalue weighted by Gasteiger charge is -2.22. The van der Waals surface area contributed by atoms with Gasteiger partial charge in [0.1, 0.15) is 10.8 Å². The Bertz CT molecular complexity index is 1200. The fraction of sp³-hybridized carbons (Fsp3) is 0.143. The van der Waals surface area contributed by atoms with Crippen LogP contribution in [0.15, 0.2) is 60.2 Å². The number of nitro benzene ring substituents is 1. The highest BCUT2D eigenvalue weighted by atomic mass is 32.1. The first-order valence-electron chi connectivity index (χ1n) is 9.35. The number of nitro groups is 1. The smallest absolute Gasteiger partial charge is 0.301 e. The monoisotopic (exact) mass is 436 g/mol. The number of amides is 1. The number of aliphatic hydroxyl groups excluding tert-OH is 1. The molecule has 3 aromatic rings. The largest absolute Gasteiger partial charge is 0.507 e. The number of anilines is 1. The summed E-state index contributed by atoms with van der Waals surface area (Å²) in [6, 6.07) is 12.9. The van der Waals surface area contributed by atoms with E-state index in [0.29, 0.717) is 22.6 Å². The van der Waals surface area contributed by atoms with E-state index >= 15 is 0 Å². The zero-order chi connectivity index (χ0) is 22.1. The van der Waals surface area contributed by atoms with Crippen molar-refractivity contribution in [3.8, 4) is 0 Å². The van der Waals surface area contributed by atoms with E-state index in [2.05, 4.69) is 10.2 Å². The molecule has 156 valence electrons. The van der Waals surface area contributed by atoms with Gasteiger partial charge < -0.3 is 5.11 Å².